The molecule has 0 aromatic rings. The van der Waals surface area contributed by atoms with Gasteiger partial charge in [0.2, 0.25) is 0 Å². The molecular weight excluding hydrogens is 344 g/mol. The zero-order valence-electron chi connectivity index (χ0n) is 14.7. The Kier molecular flexibility index (Phi) is 5.02. The summed E-state index contributed by atoms with van der Waals surface area (Å²) in [6, 6.07) is 0. The van der Waals surface area contributed by atoms with Gasteiger partial charge in [0.1, 0.15) is 11.7 Å². The molecule has 0 amide bonds. The number of carbonyl (C=O) groups excluding carboxylic acids is 4. The first-order chi connectivity index (χ1) is 12.3. The van der Waals surface area contributed by atoms with Crippen LogP contribution in [0, 0.1) is 11.8 Å². The third kappa shape index (κ3) is 4.05. The summed E-state index contributed by atoms with van der Waals surface area (Å²) in [7, 11) is 0. The Morgan fingerprint density at radius 3 is 2.58 bits per heavy atom. The van der Waals surface area contributed by atoms with Crippen LogP contribution < -0.4 is 0 Å². The van der Waals surface area contributed by atoms with E-state index in [1.807, 2.05) is 0 Å². The Bertz CT molecular complexity index is 654. The number of hydrogen-bond donors (Lipinski definition) is 0. The molecule has 0 N–H and O–H groups in total. The zero-order chi connectivity index (χ0) is 18.9. The van der Waals surface area contributed by atoms with Crippen molar-refractivity contribution in [2.45, 2.75) is 50.7 Å². The van der Waals surface area contributed by atoms with Gasteiger partial charge in [-0.2, -0.15) is 0 Å². The molecule has 0 aromatic carbocycles. The van der Waals surface area contributed by atoms with Gasteiger partial charge in [0.05, 0.1) is 5.92 Å². The molecule has 4 bridgehead atoms. The summed E-state index contributed by atoms with van der Waals surface area (Å²) >= 11 is 0. The number of fused-ring (bicyclic) bond motifs is 1. The van der Waals surface area contributed by atoms with Gasteiger partial charge < -0.3 is 18.9 Å². The lowest BCUT2D eigenvalue weighted by atomic mass is 9.65. The summed E-state index contributed by atoms with van der Waals surface area (Å²) in [6.45, 7) is 3.67. The molecule has 4 atom stereocenters. The second-order valence-corrected chi connectivity index (χ2v) is 7.38. The van der Waals surface area contributed by atoms with Crippen molar-refractivity contribution in [1.82, 2.24) is 0 Å². The van der Waals surface area contributed by atoms with Crippen LogP contribution in [0.25, 0.3) is 0 Å². The molecule has 2 saturated carbocycles. The minimum Gasteiger partial charge on any atom is -0.462 e. The second-order valence-electron chi connectivity index (χ2n) is 7.38. The van der Waals surface area contributed by atoms with Gasteiger partial charge in [-0.05, 0) is 32.1 Å². The molecule has 4 rings (SSSR count). The van der Waals surface area contributed by atoms with Gasteiger partial charge in [-0.3, -0.25) is 4.79 Å². The molecule has 4 fully saturated rings. The van der Waals surface area contributed by atoms with Crippen molar-refractivity contribution in [2.24, 2.45) is 11.8 Å². The lowest BCUT2D eigenvalue weighted by Gasteiger charge is -2.45. The average molecular weight is 366 g/mol. The van der Waals surface area contributed by atoms with Crippen LogP contribution in [-0.2, 0) is 38.1 Å². The van der Waals surface area contributed by atoms with E-state index in [2.05, 4.69) is 11.3 Å². The van der Waals surface area contributed by atoms with Gasteiger partial charge in [0, 0.05) is 18.4 Å². The maximum atomic E-state index is 12.1. The van der Waals surface area contributed by atoms with Crippen molar-refractivity contribution in [2.75, 3.05) is 13.2 Å². The molecule has 2 aliphatic carbocycles. The van der Waals surface area contributed by atoms with Crippen molar-refractivity contribution in [1.29, 1.82) is 0 Å². The SMILES string of the molecule is C=C(C)C(=O)OCC(=O)OCC(=O)OC12CC3CC(C1)OC(=O)C(C3)C2. The van der Waals surface area contributed by atoms with Gasteiger partial charge in [-0.1, -0.05) is 6.58 Å². The van der Waals surface area contributed by atoms with Crippen LogP contribution in [0.15, 0.2) is 12.2 Å². The standard InChI is InChI=1S/C18H22O8/c1-10(2)16(21)24-8-14(19)23-9-15(20)26-18-5-11-3-12(6-18)17(22)25-13(4-11)7-18/h11-13H,1,3-9H2,2H3. The maximum absolute atomic E-state index is 12.1. The molecule has 2 aliphatic heterocycles. The molecule has 8 heteroatoms. The van der Waals surface area contributed by atoms with Crippen molar-refractivity contribution in [3.05, 3.63) is 12.2 Å². The van der Waals surface area contributed by atoms with Crippen LogP contribution in [0.1, 0.15) is 39.0 Å². The van der Waals surface area contributed by atoms with Crippen molar-refractivity contribution in [3.63, 3.8) is 0 Å². The number of esters is 4. The Balaban J connectivity index is 1.49. The highest BCUT2D eigenvalue weighted by Gasteiger charge is 2.54. The average Bonchev–Trinajstić information content (AvgIpc) is 2.71. The van der Waals surface area contributed by atoms with E-state index in [9.17, 15) is 19.2 Å². The van der Waals surface area contributed by atoms with Gasteiger partial charge >= 0.3 is 23.9 Å². The van der Waals surface area contributed by atoms with Crippen LogP contribution in [0.3, 0.4) is 0 Å². The monoisotopic (exact) mass is 366 g/mol. The van der Waals surface area contributed by atoms with Gasteiger partial charge in [-0.25, -0.2) is 14.4 Å². The predicted molar refractivity (Wildman–Crippen MR) is 85.5 cm³/mol. The number of carbonyl (C=O) groups is 4. The lowest BCUT2D eigenvalue weighted by Crippen LogP contribution is -2.48. The molecule has 8 nitrogen and oxygen atoms in total. The molecule has 4 unspecified atom stereocenters. The number of hydrogen-bond acceptors (Lipinski definition) is 8. The number of ether oxygens (including phenoxy) is 4. The van der Waals surface area contributed by atoms with E-state index in [4.69, 9.17) is 14.2 Å². The van der Waals surface area contributed by atoms with Crippen LogP contribution in [0.4, 0.5) is 0 Å². The normalized spacial score (nSPS) is 31.6. The van der Waals surface area contributed by atoms with Crippen LogP contribution >= 0.6 is 0 Å². The first-order valence-corrected chi connectivity index (χ1v) is 8.67. The van der Waals surface area contributed by atoms with E-state index in [0.29, 0.717) is 25.2 Å². The van der Waals surface area contributed by atoms with Crippen molar-refractivity contribution >= 4 is 23.9 Å². The van der Waals surface area contributed by atoms with Gasteiger partial charge in [0.15, 0.2) is 13.2 Å². The fraction of sp³-hybridized carbons (Fsp3) is 0.667. The molecule has 0 radical (unpaired) electrons. The Morgan fingerprint density at radius 2 is 1.85 bits per heavy atom. The van der Waals surface area contributed by atoms with Gasteiger partial charge in [-0.15, -0.1) is 0 Å². The van der Waals surface area contributed by atoms with Crippen molar-refractivity contribution < 1.29 is 38.1 Å². The number of rotatable bonds is 6. The Labute approximate surface area is 150 Å². The van der Waals surface area contributed by atoms with E-state index in [-0.39, 0.29) is 23.6 Å². The first kappa shape index (κ1) is 18.4. The Hall–Kier alpha value is -2.38. The molecule has 4 aliphatic rings. The molecule has 2 saturated heterocycles. The minimum absolute atomic E-state index is 0.159. The molecule has 0 spiro atoms. The topological polar surface area (TPSA) is 105 Å². The highest BCUT2D eigenvalue weighted by atomic mass is 16.6. The van der Waals surface area contributed by atoms with Crippen LogP contribution in [0.2, 0.25) is 0 Å². The fourth-order valence-corrected chi connectivity index (χ4v) is 4.20. The summed E-state index contributed by atoms with van der Waals surface area (Å²) in [5.41, 5.74) is -0.565. The second kappa shape index (κ2) is 7.09. The van der Waals surface area contributed by atoms with Gasteiger partial charge in [0.25, 0.3) is 0 Å². The third-order valence-corrected chi connectivity index (χ3v) is 5.06. The van der Waals surface area contributed by atoms with Crippen LogP contribution in [-0.4, -0.2) is 48.8 Å². The maximum Gasteiger partial charge on any atom is 0.344 e. The predicted octanol–water partition coefficient (Wildman–Crippen LogP) is 1.07. The van der Waals surface area contributed by atoms with E-state index < -0.39 is 36.7 Å². The quantitative estimate of drug-likeness (QED) is 0.390. The molecular formula is C18H22O8. The molecule has 2 heterocycles. The van der Waals surface area contributed by atoms with Crippen LogP contribution in [0.5, 0.6) is 0 Å². The van der Waals surface area contributed by atoms with E-state index >= 15 is 0 Å². The smallest absolute Gasteiger partial charge is 0.344 e. The van der Waals surface area contributed by atoms with E-state index in [1.54, 1.807) is 0 Å². The summed E-state index contributed by atoms with van der Waals surface area (Å²) in [4.78, 5) is 46.9. The molecule has 142 valence electrons. The van der Waals surface area contributed by atoms with E-state index in [1.165, 1.54) is 6.92 Å². The highest BCUT2D eigenvalue weighted by Crippen LogP contribution is 2.51. The summed E-state index contributed by atoms with van der Waals surface area (Å²) in [5, 5.41) is 0. The third-order valence-electron chi connectivity index (χ3n) is 5.06. The fourth-order valence-electron chi connectivity index (χ4n) is 4.20. The molecule has 26 heavy (non-hydrogen) atoms. The summed E-state index contributed by atoms with van der Waals surface area (Å²) < 4.78 is 20.5. The zero-order valence-corrected chi connectivity index (χ0v) is 14.7. The summed E-state index contributed by atoms with van der Waals surface area (Å²) in [6.07, 6.45) is 3.01. The summed E-state index contributed by atoms with van der Waals surface area (Å²) in [5.74, 6) is -2.38. The highest BCUT2D eigenvalue weighted by molar-refractivity contribution is 5.88. The van der Waals surface area contributed by atoms with Crippen molar-refractivity contribution in [3.8, 4) is 0 Å². The van der Waals surface area contributed by atoms with E-state index in [0.717, 1.165) is 12.8 Å². The molecule has 0 aromatic heterocycles. The lowest BCUT2D eigenvalue weighted by molar-refractivity contribution is -0.182. The Morgan fingerprint density at radius 1 is 1.12 bits per heavy atom. The largest absolute Gasteiger partial charge is 0.462 e. The minimum atomic E-state index is -0.849. The first-order valence-electron chi connectivity index (χ1n) is 8.67.